The van der Waals surface area contributed by atoms with Crippen LogP contribution in [0.15, 0.2) is 0 Å². The quantitative estimate of drug-likeness (QED) is 0.494. The van der Waals surface area contributed by atoms with Crippen molar-refractivity contribution in [1.82, 2.24) is 4.90 Å². The number of methoxy groups -OCH3 is 1. The summed E-state index contributed by atoms with van der Waals surface area (Å²) in [6.07, 6.45) is 0. The Bertz CT molecular complexity index is 224. The molecule has 0 amide bonds. The van der Waals surface area contributed by atoms with Gasteiger partial charge in [-0.15, -0.1) is 0 Å². The van der Waals surface area contributed by atoms with Crippen LogP contribution in [0.25, 0.3) is 0 Å². The van der Waals surface area contributed by atoms with E-state index in [1.807, 2.05) is 0 Å². The Hall–Kier alpha value is -0.890. The van der Waals surface area contributed by atoms with Gasteiger partial charge in [-0.1, -0.05) is 0 Å². The minimum atomic E-state index is 0.129. The minimum absolute atomic E-state index is 0.129. The molecule has 0 atom stereocenters. The van der Waals surface area contributed by atoms with Crippen molar-refractivity contribution in [2.75, 3.05) is 73.1 Å². The number of hydrogen-bond acceptors (Lipinski definition) is 6. The van der Waals surface area contributed by atoms with Crippen LogP contribution in [0.2, 0.25) is 0 Å². The van der Waals surface area contributed by atoms with Gasteiger partial charge in [0.25, 0.3) is 6.02 Å². The standard InChI is InChI=1S/C12H24N2O5/c1-15-12(13)14-2-4-16-6-8-18-10-11-19-9-7-17-5-3-14/h13H,2-11H2,1H3. The van der Waals surface area contributed by atoms with Gasteiger partial charge in [-0.25, -0.2) is 0 Å². The zero-order chi connectivity index (χ0) is 13.8. The molecular weight excluding hydrogens is 252 g/mol. The van der Waals surface area contributed by atoms with E-state index in [0.29, 0.717) is 65.9 Å². The molecule has 1 aliphatic heterocycles. The molecule has 1 saturated heterocycles. The van der Waals surface area contributed by atoms with Crippen LogP contribution in [0.4, 0.5) is 0 Å². The van der Waals surface area contributed by atoms with Gasteiger partial charge in [0.05, 0.1) is 60.0 Å². The molecule has 1 rings (SSSR count). The van der Waals surface area contributed by atoms with E-state index in [1.165, 1.54) is 7.11 Å². The lowest BCUT2D eigenvalue weighted by Gasteiger charge is -2.23. The monoisotopic (exact) mass is 276 g/mol. The highest BCUT2D eigenvalue weighted by atomic mass is 16.6. The molecule has 0 unspecified atom stereocenters. The van der Waals surface area contributed by atoms with Crippen molar-refractivity contribution in [3.63, 3.8) is 0 Å². The van der Waals surface area contributed by atoms with Gasteiger partial charge in [0.15, 0.2) is 0 Å². The van der Waals surface area contributed by atoms with Gasteiger partial charge in [0.2, 0.25) is 0 Å². The van der Waals surface area contributed by atoms with Crippen molar-refractivity contribution >= 4 is 6.02 Å². The number of nitrogens with one attached hydrogen (secondary N) is 1. The zero-order valence-corrected chi connectivity index (χ0v) is 11.6. The predicted molar refractivity (Wildman–Crippen MR) is 69.6 cm³/mol. The van der Waals surface area contributed by atoms with Crippen molar-refractivity contribution in [1.29, 1.82) is 5.41 Å². The molecule has 0 bridgehead atoms. The molecular formula is C12H24N2O5. The smallest absolute Gasteiger partial charge is 0.284 e. The van der Waals surface area contributed by atoms with Crippen molar-refractivity contribution < 1.29 is 23.7 Å². The summed E-state index contributed by atoms with van der Waals surface area (Å²) < 4.78 is 26.5. The van der Waals surface area contributed by atoms with E-state index in [1.54, 1.807) is 4.90 Å². The molecule has 0 aliphatic carbocycles. The van der Waals surface area contributed by atoms with Crippen LogP contribution in [0.5, 0.6) is 0 Å². The third kappa shape index (κ3) is 7.99. The van der Waals surface area contributed by atoms with E-state index < -0.39 is 0 Å². The van der Waals surface area contributed by atoms with E-state index in [0.717, 1.165) is 0 Å². The molecule has 1 N–H and O–H groups in total. The Morgan fingerprint density at radius 3 is 1.53 bits per heavy atom. The molecule has 19 heavy (non-hydrogen) atoms. The second-order valence-corrected chi connectivity index (χ2v) is 3.95. The normalized spacial score (nSPS) is 21.2. The largest absolute Gasteiger partial charge is 0.469 e. The fourth-order valence-corrected chi connectivity index (χ4v) is 1.56. The lowest BCUT2D eigenvalue weighted by molar-refractivity contribution is 0.00206. The van der Waals surface area contributed by atoms with Crippen LogP contribution in [-0.4, -0.2) is 84.0 Å². The Balaban J connectivity index is 2.31. The zero-order valence-electron chi connectivity index (χ0n) is 11.6. The van der Waals surface area contributed by atoms with E-state index in [-0.39, 0.29) is 6.02 Å². The molecule has 1 aliphatic rings. The average Bonchev–Trinajstić information content (AvgIpc) is 2.44. The van der Waals surface area contributed by atoms with Gasteiger partial charge in [-0.05, 0) is 0 Å². The summed E-state index contributed by atoms with van der Waals surface area (Å²) in [6, 6.07) is 0.129. The van der Waals surface area contributed by atoms with Gasteiger partial charge in [-0.2, -0.15) is 0 Å². The lowest BCUT2D eigenvalue weighted by atomic mass is 10.5. The number of ether oxygens (including phenoxy) is 5. The average molecular weight is 276 g/mol. The number of rotatable bonds is 0. The first-order valence-corrected chi connectivity index (χ1v) is 6.53. The number of hydrogen-bond donors (Lipinski definition) is 1. The van der Waals surface area contributed by atoms with Gasteiger partial charge < -0.3 is 28.6 Å². The van der Waals surface area contributed by atoms with Gasteiger partial charge >= 0.3 is 0 Å². The van der Waals surface area contributed by atoms with Crippen LogP contribution in [-0.2, 0) is 23.7 Å². The van der Waals surface area contributed by atoms with E-state index >= 15 is 0 Å². The molecule has 1 heterocycles. The molecule has 0 aromatic heterocycles. The Labute approximate surface area is 114 Å². The number of nitrogens with zero attached hydrogens (tertiary/aromatic N) is 1. The van der Waals surface area contributed by atoms with Crippen molar-refractivity contribution in [2.45, 2.75) is 0 Å². The molecule has 0 spiro atoms. The second-order valence-electron chi connectivity index (χ2n) is 3.95. The van der Waals surface area contributed by atoms with Crippen LogP contribution >= 0.6 is 0 Å². The van der Waals surface area contributed by atoms with Crippen LogP contribution in [0.1, 0.15) is 0 Å². The van der Waals surface area contributed by atoms with Gasteiger partial charge in [0.1, 0.15) is 0 Å². The number of amidine groups is 1. The fraction of sp³-hybridized carbons (Fsp3) is 0.917. The Morgan fingerprint density at radius 2 is 1.16 bits per heavy atom. The van der Waals surface area contributed by atoms with Crippen LogP contribution in [0, 0.1) is 5.41 Å². The third-order valence-corrected chi connectivity index (χ3v) is 2.61. The highest BCUT2D eigenvalue weighted by Crippen LogP contribution is 1.94. The van der Waals surface area contributed by atoms with Crippen LogP contribution in [0.3, 0.4) is 0 Å². The third-order valence-electron chi connectivity index (χ3n) is 2.61. The molecule has 7 nitrogen and oxygen atoms in total. The first-order valence-electron chi connectivity index (χ1n) is 6.53. The summed E-state index contributed by atoms with van der Waals surface area (Å²) in [5.74, 6) is 0. The summed E-state index contributed by atoms with van der Waals surface area (Å²) in [5.41, 5.74) is 0. The maximum absolute atomic E-state index is 7.68. The summed E-state index contributed by atoms with van der Waals surface area (Å²) in [6.45, 7) is 5.63. The molecule has 0 aromatic rings. The highest BCUT2D eigenvalue weighted by molar-refractivity contribution is 5.69. The first-order chi connectivity index (χ1) is 9.34. The molecule has 0 radical (unpaired) electrons. The molecule has 0 saturated carbocycles. The van der Waals surface area contributed by atoms with Gasteiger partial charge in [0, 0.05) is 13.1 Å². The minimum Gasteiger partial charge on any atom is -0.469 e. The first kappa shape index (κ1) is 16.2. The molecule has 0 aromatic carbocycles. The highest BCUT2D eigenvalue weighted by Gasteiger charge is 2.09. The molecule has 7 heteroatoms. The summed E-state index contributed by atoms with van der Waals surface area (Å²) in [7, 11) is 1.49. The van der Waals surface area contributed by atoms with Crippen molar-refractivity contribution in [2.24, 2.45) is 0 Å². The Morgan fingerprint density at radius 1 is 0.789 bits per heavy atom. The van der Waals surface area contributed by atoms with Crippen molar-refractivity contribution in [3.05, 3.63) is 0 Å². The topological polar surface area (TPSA) is 73.2 Å². The van der Waals surface area contributed by atoms with E-state index in [2.05, 4.69) is 0 Å². The van der Waals surface area contributed by atoms with E-state index in [4.69, 9.17) is 29.1 Å². The fourth-order valence-electron chi connectivity index (χ4n) is 1.56. The van der Waals surface area contributed by atoms with Crippen LogP contribution < -0.4 is 0 Å². The maximum Gasteiger partial charge on any atom is 0.284 e. The molecule has 1 fully saturated rings. The van der Waals surface area contributed by atoms with E-state index in [9.17, 15) is 0 Å². The molecule has 112 valence electrons. The second kappa shape index (κ2) is 11.0. The maximum atomic E-state index is 7.68. The summed E-state index contributed by atoms with van der Waals surface area (Å²) in [4.78, 5) is 1.78. The van der Waals surface area contributed by atoms with Gasteiger partial charge in [-0.3, -0.25) is 5.41 Å². The summed E-state index contributed by atoms with van der Waals surface area (Å²) >= 11 is 0. The Kier molecular flexibility index (Phi) is 9.34. The lowest BCUT2D eigenvalue weighted by Crippen LogP contribution is -2.37. The summed E-state index contributed by atoms with van der Waals surface area (Å²) in [5, 5.41) is 7.68. The SMILES string of the molecule is COC(=N)N1CCOCCOCCOCCOCC1. The predicted octanol–water partition coefficient (Wildman–Crippen LogP) is -0.0504. The van der Waals surface area contributed by atoms with Crippen molar-refractivity contribution in [3.8, 4) is 0 Å².